The smallest absolute Gasteiger partial charge is 0.245 e. The lowest BCUT2D eigenvalue weighted by atomic mass is 10.2. The highest BCUT2D eigenvalue weighted by atomic mass is 35.5. The largest absolute Gasteiger partial charge is 0.504 e. The molecule has 152 valence electrons. The number of methoxy groups -OCH3 is 1. The van der Waals surface area contributed by atoms with Gasteiger partial charge >= 0.3 is 0 Å². The van der Waals surface area contributed by atoms with Crippen LogP contribution in [0.15, 0.2) is 46.1 Å². The number of hydrogen-bond donors (Lipinski definition) is 3. The van der Waals surface area contributed by atoms with E-state index in [2.05, 4.69) is 40.8 Å². The molecule has 0 spiro atoms. The van der Waals surface area contributed by atoms with Gasteiger partial charge in [-0.15, -0.1) is 0 Å². The van der Waals surface area contributed by atoms with E-state index in [-0.39, 0.29) is 33.7 Å². The van der Waals surface area contributed by atoms with Crippen LogP contribution in [0, 0.1) is 5.82 Å². The molecule has 0 saturated carbocycles. The fourth-order valence-corrected chi connectivity index (χ4v) is 2.67. The number of fused-ring (bicyclic) bond motifs is 1. The second-order valence-electron chi connectivity index (χ2n) is 5.85. The number of anilines is 3. The maximum atomic E-state index is 13.4. The molecule has 4 aromatic rings. The second-order valence-corrected chi connectivity index (χ2v) is 6.26. The Morgan fingerprint density at radius 2 is 1.93 bits per heavy atom. The van der Waals surface area contributed by atoms with Gasteiger partial charge in [-0.2, -0.15) is 10.1 Å². The summed E-state index contributed by atoms with van der Waals surface area (Å²) in [4.78, 5) is 8.52. The van der Waals surface area contributed by atoms with Crippen molar-refractivity contribution in [3.8, 4) is 11.5 Å². The van der Waals surface area contributed by atoms with Crippen LogP contribution in [0.1, 0.15) is 5.56 Å². The van der Waals surface area contributed by atoms with Crippen molar-refractivity contribution in [2.75, 3.05) is 17.9 Å². The number of hydrogen-bond acceptors (Lipinski definition) is 10. The number of phenols is 1. The van der Waals surface area contributed by atoms with Crippen molar-refractivity contribution in [2.24, 2.45) is 5.10 Å². The summed E-state index contributed by atoms with van der Waals surface area (Å²) >= 11 is 5.83. The van der Waals surface area contributed by atoms with Gasteiger partial charge in [0.05, 0.1) is 18.3 Å². The van der Waals surface area contributed by atoms with E-state index in [0.717, 1.165) is 0 Å². The van der Waals surface area contributed by atoms with E-state index in [1.165, 1.54) is 31.5 Å². The van der Waals surface area contributed by atoms with Crippen molar-refractivity contribution in [3.63, 3.8) is 0 Å². The number of rotatable bonds is 6. The molecule has 0 aliphatic heterocycles. The van der Waals surface area contributed by atoms with Crippen LogP contribution in [0.4, 0.5) is 21.7 Å². The van der Waals surface area contributed by atoms with Crippen molar-refractivity contribution >= 4 is 46.4 Å². The van der Waals surface area contributed by atoms with Crippen LogP contribution < -0.4 is 15.5 Å². The van der Waals surface area contributed by atoms with E-state index < -0.39 is 5.82 Å². The summed E-state index contributed by atoms with van der Waals surface area (Å²) in [5.41, 5.74) is 3.91. The highest BCUT2D eigenvalue weighted by molar-refractivity contribution is 6.31. The number of nitrogens with one attached hydrogen (secondary N) is 2. The molecule has 0 unspecified atom stereocenters. The summed E-state index contributed by atoms with van der Waals surface area (Å²) in [6.07, 6.45) is 1.38. The predicted molar refractivity (Wildman–Crippen MR) is 108 cm³/mol. The van der Waals surface area contributed by atoms with Crippen LogP contribution in [-0.4, -0.2) is 38.7 Å². The molecule has 0 fully saturated rings. The average Bonchev–Trinajstić information content (AvgIpc) is 3.19. The maximum absolute atomic E-state index is 13.4. The highest BCUT2D eigenvalue weighted by Crippen LogP contribution is 2.29. The van der Waals surface area contributed by atoms with Crippen LogP contribution >= 0.6 is 11.6 Å². The van der Waals surface area contributed by atoms with Crippen LogP contribution in [0.3, 0.4) is 0 Å². The van der Waals surface area contributed by atoms with Crippen LogP contribution in [0.2, 0.25) is 5.02 Å². The topological polar surface area (TPSA) is 131 Å². The molecule has 30 heavy (non-hydrogen) atoms. The van der Waals surface area contributed by atoms with Gasteiger partial charge in [0.2, 0.25) is 11.3 Å². The predicted octanol–water partition coefficient (Wildman–Crippen LogP) is 3.71. The SMILES string of the molecule is COc1cccc(/C=N/Nc2nc3nonc3nc2Nc2ccc(F)c(Cl)c2)c1O. The molecule has 12 heteroatoms. The molecule has 0 bridgehead atoms. The second kappa shape index (κ2) is 8.17. The summed E-state index contributed by atoms with van der Waals surface area (Å²) < 4.78 is 23.1. The van der Waals surface area contributed by atoms with Gasteiger partial charge < -0.3 is 15.2 Å². The van der Waals surface area contributed by atoms with E-state index >= 15 is 0 Å². The summed E-state index contributed by atoms with van der Waals surface area (Å²) in [5.74, 6) is 0.0899. The highest BCUT2D eigenvalue weighted by Gasteiger charge is 2.13. The van der Waals surface area contributed by atoms with E-state index in [9.17, 15) is 9.50 Å². The average molecular weight is 430 g/mol. The fraction of sp³-hybridized carbons (Fsp3) is 0.0556. The molecule has 2 heterocycles. The zero-order valence-corrected chi connectivity index (χ0v) is 16.1. The van der Waals surface area contributed by atoms with E-state index in [4.69, 9.17) is 16.3 Å². The van der Waals surface area contributed by atoms with Gasteiger partial charge in [0.1, 0.15) is 5.82 Å². The minimum absolute atomic E-state index is 0.0572. The number of halogens is 2. The number of ether oxygens (including phenoxy) is 1. The zero-order valence-electron chi connectivity index (χ0n) is 15.3. The van der Waals surface area contributed by atoms with Gasteiger partial charge in [-0.05, 0) is 40.6 Å². The molecule has 2 aromatic heterocycles. The Morgan fingerprint density at radius 3 is 2.67 bits per heavy atom. The third-order valence-electron chi connectivity index (χ3n) is 3.92. The van der Waals surface area contributed by atoms with E-state index in [1.807, 2.05) is 0 Å². The molecule has 3 N–H and O–H groups in total. The first-order valence-corrected chi connectivity index (χ1v) is 8.80. The molecule has 2 aromatic carbocycles. The number of benzene rings is 2. The number of hydrazone groups is 1. The van der Waals surface area contributed by atoms with Crippen molar-refractivity contribution in [1.82, 2.24) is 20.3 Å². The number of para-hydroxylation sites is 1. The van der Waals surface area contributed by atoms with Crippen molar-refractivity contribution < 1.29 is 18.9 Å². The lowest BCUT2D eigenvalue weighted by Crippen LogP contribution is -2.03. The fourth-order valence-electron chi connectivity index (χ4n) is 2.48. The Hall–Kier alpha value is -3.99. The van der Waals surface area contributed by atoms with Crippen LogP contribution in [0.5, 0.6) is 11.5 Å². The third kappa shape index (κ3) is 3.91. The first-order chi connectivity index (χ1) is 14.5. The van der Waals surface area contributed by atoms with Gasteiger partial charge in [-0.3, -0.25) is 5.43 Å². The Kier molecular flexibility index (Phi) is 5.26. The van der Waals surface area contributed by atoms with Crippen molar-refractivity contribution in [2.45, 2.75) is 0 Å². The molecular formula is C18H13ClFN7O3. The molecule has 0 amide bonds. The van der Waals surface area contributed by atoms with Crippen LogP contribution in [-0.2, 0) is 0 Å². The molecule has 0 atom stereocenters. The minimum atomic E-state index is -0.550. The van der Waals surface area contributed by atoms with Gasteiger partial charge in [-0.25, -0.2) is 14.0 Å². The number of aromatic nitrogens is 4. The first-order valence-electron chi connectivity index (χ1n) is 8.42. The lowest BCUT2D eigenvalue weighted by Gasteiger charge is -2.10. The third-order valence-corrected chi connectivity index (χ3v) is 4.21. The Morgan fingerprint density at radius 1 is 1.17 bits per heavy atom. The molecule has 0 radical (unpaired) electrons. The van der Waals surface area contributed by atoms with Crippen molar-refractivity contribution in [1.29, 1.82) is 0 Å². The Labute approximate surface area is 173 Å². The molecule has 4 rings (SSSR count). The summed E-state index contributed by atoms with van der Waals surface area (Å²) in [6.45, 7) is 0. The van der Waals surface area contributed by atoms with E-state index in [1.54, 1.807) is 18.2 Å². The Bertz CT molecular complexity index is 1250. The van der Waals surface area contributed by atoms with Crippen LogP contribution in [0.25, 0.3) is 11.3 Å². The maximum Gasteiger partial charge on any atom is 0.245 e. The zero-order chi connectivity index (χ0) is 21.1. The Balaban J connectivity index is 1.64. The first kappa shape index (κ1) is 19.3. The minimum Gasteiger partial charge on any atom is -0.504 e. The molecule has 0 aliphatic rings. The van der Waals surface area contributed by atoms with E-state index in [0.29, 0.717) is 17.0 Å². The summed E-state index contributed by atoms with van der Waals surface area (Å²) in [7, 11) is 1.45. The molecule has 0 saturated heterocycles. The molecular weight excluding hydrogens is 417 g/mol. The normalized spacial score (nSPS) is 11.2. The number of aromatic hydroxyl groups is 1. The lowest BCUT2D eigenvalue weighted by molar-refractivity contribution is 0.314. The number of nitrogens with zero attached hydrogens (tertiary/aromatic N) is 5. The van der Waals surface area contributed by atoms with Gasteiger partial charge in [-0.1, -0.05) is 17.7 Å². The van der Waals surface area contributed by atoms with Gasteiger partial charge in [0, 0.05) is 11.3 Å². The van der Waals surface area contributed by atoms with Crippen molar-refractivity contribution in [3.05, 3.63) is 52.8 Å². The standard InChI is InChI=1S/C18H13ClFN7O3/c1-29-13-4-2-3-9(14(13)28)8-21-25-16-15(23-17-18(24-16)27-30-26-17)22-10-5-6-12(20)11(19)7-10/h2-8,28H,1H3,(H,22,23,26)(H,24,25,27)/b21-8+. The monoisotopic (exact) mass is 429 g/mol. The summed E-state index contributed by atoms with van der Waals surface area (Å²) in [5, 5.41) is 24.4. The van der Waals surface area contributed by atoms with Gasteiger partial charge in [0.15, 0.2) is 23.1 Å². The molecule has 10 nitrogen and oxygen atoms in total. The number of phenolic OH excluding ortho intramolecular Hbond substituents is 1. The quantitative estimate of drug-likeness (QED) is 0.310. The summed E-state index contributed by atoms with van der Waals surface area (Å²) in [6, 6.07) is 9.07. The van der Waals surface area contributed by atoms with Gasteiger partial charge in [0.25, 0.3) is 0 Å². The molecule has 0 aliphatic carbocycles.